The lowest BCUT2D eigenvalue weighted by molar-refractivity contribution is -0.122. The predicted octanol–water partition coefficient (Wildman–Crippen LogP) is 0.579. The predicted molar refractivity (Wildman–Crippen MR) is 77.8 cm³/mol. The molecule has 7 nitrogen and oxygen atoms in total. The Morgan fingerprint density at radius 2 is 2.14 bits per heavy atom. The summed E-state index contributed by atoms with van der Waals surface area (Å²) in [7, 11) is 1.73. The fourth-order valence-corrected chi connectivity index (χ4v) is 2.85. The fraction of sp³-hybridized carbons (Fsp3) is 0.571. The number of fused-ring (bicyclic) bond motifs is 1. The van der Waals surface area contributed by atoms with Crippen LogP contribution in [-0.4, -0.2) is 31.3 Å². The molecule has 1 fully saturated rings. The summed E-state index contributed by atoms with van der Waals surface area (Å²) in [6, 6.07) is 0.247. The highest BCUT2D eigenvalue weighted by molar-refractivity contribution is 5.77. The lowest BCUT2D eigenvalue weighted by Gasteiger charge is -2.22. The Kier molecular flexibility index (Phi) is 3.72. The van der Waals surface area contributed by atoms with Gasteiger partial charge in [0.25, 0.3) is 5.56 Å². The van der Waals surface area contributed by atoms with Gasteiger partial charge in [0, 0.05) is 13.1 Å². The van der Waals surface area contributed by atoms with Crippen LogP contribution in [0.15, 0.2) is 17.3 Å². The highest BCUT2D eigenvalue weighted by atomic mass is 16.2. The van der Waals surface area contributed by atoms with Gasteiger partial charge in [-0.1, -0.05) is 19.3 Å². The minimum Gasteiger partial charge on any atom is -0.352 e. The smallest absolute Gasteiger partial charge is 0.264 e. The largest absolute Gasteiger partial charge is 0.352 e. The van der Waals surface area contributed by atoms with Gasteiger partial charge in [0.15, 0.2) is 5.65 Å². The molecule has 7 heteroatoms. The lowest BCUT2D eigenvalue weighted by Crippen LogP contribution is -2.39. The zero-order valence-electron chi connectivity index (χ0n) is 12.1. The first-order valence-electron chi connectivity index (χ1n) is 7.31. The number of carbonyl (C=O) groups is 1. The van der Waals surface area contributed by atoms with Crippen molar-refractivity contribution < 1.29 is 4.79 Å². The van der Waals surface area contributed by atoms with E-state index in [-0.39, 0.29) is 24.1 Å². The Balaban J connectivity index is 1.73. The van der Waals surface area contributed by atoms with E-state index in [0.717, 1.165) is 25.7 Å². The molecule has 2 heterocycles. The number of carbonyl (C=O) groups excluding carboxylic acids is 1. The number of nitrogens with zero attached hydrogens (tertiary/aromatic N) is 4. The molecule has 21 heavy (non-hydrogen) atoms. The minimum atomic E-state index is -0.230. The van der Waals surface area contributed by atoms with Gasteiger partial charge in [-0.25, -0.2) is 4.98 Å². The van der Waals surface area contributed by atoms with Crippen molar-refractivity contribution in [3.05, 3.63) is 22.9 Å². The molecule has 0 saturated heterocycles. The molecule has 1 saturated carbocycles. The summed E-state index contributed by atoms with van der Waals surface area (Å²) in [6.45, 7) is 0.00711. The van der Waals surface area contributed by atoms with Gasteiger partial charge in [0.05, 0.1) is 6.20 Å². The van der Waals surface area contributed by atoms with E-state index < -0.39 is 0 Å². The second kappa shape index (κ2) is 5.67. The van der Waals surface area contributed by atoms with Crippen molar-refractivity contribution >= 4 is 16.9 Å². The van der Waals surface area contributed by atoms with E-state index in [1.807, 2.05) is 0 Å². The summed E-state index contributed by atoms with van der Waals surface area (Å²) in [5, 5.41) is 7.45. The Bertz CT molecular complexity index is 712. The molecule has 1 N–H and O–H groups in total. The number of aromatic nitrogens is 4. The van der Waals surface area contributed by atoms with E-state index >= 15 is 0 Å². The third kappa shape index (κ3) is 2.81. The van der Waals surface area contributed by atoms with Crippen LogP contribution >= 0.6 is 0 Å². The minimum absolute atomic E-state index is 0.00711. The summed E-state index contributed by atoms with van der Waals surface area (Å²) in [5.41, 5.74) is 0.302. The Morgan fingerprint density at radius 3 is 2.90 bits per heavy atom. The van der Waals surface area contributed by atoms with Crippen LogP contribution in [0.5, 0.6) is 0 Å². The van der Waals surface area contributed by atoms with E-state index in [4.69, 9.17) is 0 Å². The summed E-state index contributed by atoms with van der Waals surface area (Å²) in [4.78, 5) is 28.5. The van der Waals surface area contributed by atoms with Crippen molar-refractivity contribution in [3.63, 3.8) is 0 Å². The van der Waals surface area contributed by atoms with Crippen LogP contribution in [0.25, 0.3) is 11.0 Å². The lowest BCUT2D eigenvalue weighted by atomic mass is 9.95. The van der Waals surface area contributed by atoms with Gasteiger partial charge in [-0.3, -0.25) is 18.8 Å². The number of rotatable bonds is 3. The number of aryl methyl sites for hydroxylation is 1. The van der Waals surface area contributed by atoms with Gasteiger partial charge in [0.2, 0.25) is 5.91 Å². The Morgan fingerprint density at radius 1 is 1.38 bits per heavy atom. The van der Waals surface area contributed by atoms with Crippen LogP contribution in [0.3, 0.4) is 0 Å². The molecule has 0 aliphatic heterocycles. The monoisotopic (exact) mass is 289 g/mol. The van der Waals surface area contributed by atoms with E-state index in [1.54, 1.807) is 11.7 Å². The quantitative estimate of drug-likeness (QED) is 0.896. The number of amides is 1. The molecule has 0 radical (unpaired) electrons. The van der Waals surface area contributed by atoms with Crippen LogP contribution in [0.2, 0.25) is 0 Å². The molecule has 0 unspecified atom stereocenters. The van der Waals surface area contributed by atoms with Crippen molar-refractivity contribution in [2.45, 2.75) is 44.7 Å². The molecule has 3 rings (SSSR count). The van der Waals surface area contributed by atoms with E-state index in [2.05, 4.69) is 15.4 Å². The van der Waals surface area contributed by atoms with Crippen molar-refractivity contribution in [2.75, 3.05) is 0 Å². The number of nitrogens with one attached hydrogen (secondary N) is 1. The molecule has 0 spiro atoms. The maximum Gasteiger partial charge on any atom is 0.264 e. The van der Waals surface area contributed by atoms with Gasteiger partial charge >= 0.3 is 0 Å². The highest BCUT2D eigenvalue weighted by Crippen LogP contribution is 2.17. The zero-order valence-corrected chi connectivity index (χ0v) is 12.1. The van der Waals surface area contributed by atoms with Gasteiger partial charge in [-0.2, -0.15) is 5.10 Å². The van der Waals surface area contributed by atoms with Gasteiger partial charge in [0.1, 0.15) is 18.3 Å². The first-order chi connectivity index (χ1) is 10.1. The normalized spacial score (nSPS) is 16.2. The average molecular weight is 289 g/mol. The molecule has 1 aliphatic rings. The van der Waals surface area contributed by atoms with Crippen molar-refractivity contribution in [1.82, 2.24) is 24.6 Å². The Hall–Kier alpha value is -2.18. The second-order valence-corrected chi connectivity index (χ2v) is 5.59. The summed E-state index contributed by atoms with van der Waals surface area (Å²) in [5.74, 6) is -0.131. The van der Waals surface area contributed by atoms with Gasteiger partial charge in [-0.15, -0.1) is 0 Å². The Labute approximate surface area is 122 Å². The van der Waals surface area contributed by atoms with Crippen LogP contribution in [0.4, 0.5) is 0 Å². The van der Waals surface area contributed by atoms with E-state index in [1.165, 1.54) is 23.5 Å². The van der Waals surface area contributed by atoms with Crippen LogP contribution in [0, 0.1) is 0 Å². The second-order valence-electron chi connectivity index (χ2n) is 5.59. The first kappa shape index (κ1) is 13.8. The average Bonchev–Trinajstić information content (AvgIpc) is 2.85. The molecule has 1 aliphatic carbocycles. The maximum absolute atomic E-state index is 12.3. The SMILES string of the molecule is Cn1ncc2c(=O)n(CC(=O)NC3CCCCC3)cnc21. The molecule has 0 atom stereocenters. The molecule has 0 aromatic carbocycles. The van der Waals surface area contributed by atoms with Gasteiger partial charge in [-0.05, 0) is 12.8 Å². The summed E-state index contributed by atoms with van der Waals surface area (Å²) < 4.78 is 2.88. The van der Waals surface area contributed by atoms with Crippen molar-refractivity contribution in [2.24, 2.45) is 7.05 Å². The van der Waals surface area contributed by atoms with Crippen LogP contribution < -0.4 is 10.9 Å². The molecule has 0 bridgehead atoms. The van der Waals surface area contributed by atoms with Crippen LogP contribution in [-0.2, 0) is 18.4 Å². The number of hydrogen-bond donors (Lipinski definition) is 1. The highest BCUT2D eigenvalue weighted by Gasteiger charge is 2.16. The van der Waals surface area contributed by atoms with Crippen molar-refractivity contribution in [3.8, 4) is 0 Å². The van der Waals surface area contributed by atoms with E-state index in [9.17, 15) is 9.59 Å². The molecular weight excluding hydrogens is 270 g/mol. The first-order valence-corrected chi connectivity index (χ1v) is 7.31. The van der Waals surface area contributed by atoms with E-state index in [0.29, 0.717) is 11.0 Å². The van der Waals surface area contributed by atoms with Gasteiger partial charge < -0.3 is 5.32 Å². The van der Waals surface area contributed by atoms with Crippen molar-refractivity contribution in [1.29, 1.82) is 0 Å². The summed E-state index contributed by atoms with van der Waals surface area (Å²) in [6.07, 6.45) is 8.52. The molecule has 1 amide bonds. The number of hydrogen-bond acceptors (Lipinski definition) is 4. The molecular formula is C14H19N5O2. The standard InChI is InChI=1S/C14H19N5O2/c1-18-13-11(7-16-18)14(21)19(9-15-13)8-12(20)17-10-5-3-2-4-6-10/h7,9-10H,2-6,8H2,1H3,(H,17,20). The summed E-state index contributed by atoms with van der Waals surface area (Å²) >= 11 is 0. The van der Waals surface area contributed by atoms with Crippen LogP contribution in [0.1, 0.15) is 32.1 Å². The third-order valence-corrected chi connectivity index (χ3v) is 4.00. The fourth-order valence-electron chi connectivity index (χ4n) is 2.85. The molecule has 2 aromatic rings. The topological polar surface area (TPSA) is 81.8 Å². The molecule has 2 aromatic heterocycles. The molecule has 112 valence electrons. The zero-order chi connectivity index (χ0) is 14.8. The third-order valence-electron chi connectivity index (χ3n) is 4.00. The maximum atomic E-state index is 12.3.